The summed E-state index contributed by atoms with van der Waals surface area (Å²) in [6.07, 6.45) is 1.22. The van der Waals surface area contributed by atoms with E-state index in [0.717, 1.165) is 18.5 Å². The molecule has 2 aromatic carbocycles. The smallest absolute Gasteiger partial charge is 0.256 e. The summed E-state index contributed by atoms with van der Waals surface area (Å²) < 4.78 is 0. The third-order valence-electron chi connectivity index (χ3n) is 4.57. The number of β-amino-alcohol motifs (C(OH)–C–C–N with tert-alkyl or cyclic N) is 1. The average molecular weight is 324 g/mol. The van der Waals surface area contributed by atoms with Gasteiger partial charge in [-0.15, -0.1) is 0 Å². The van der Waals surface area contributed by atoms with Crippen LogP contribution in [0.5, 0.6) is 0 Å². The van der Waals surface area contributed by atoms with Crippen molar-refractivity contribution in [1.29, 1.82) is 0 Å². The van der Waals surface area contributed by atoms with Crippen molar-refractivity contribution < 1.29 is 9.90 Å². The lowest BCUT2D eigenvalue weighted by atomic mass is 10.1. The topological polar surface area (TPSA) is 52.6 Å². The van der Waals surface area contributed by atoms with Gasteiger partial charge < -0.3 is 15.3 Å². The molecule has 1 aliphatic heterocycles. The molecule has 1 aliphatic rings. The number of nitrogens with one attached hydrogen (secondary N) is 1. The predicted molar refractivity (Wildman–Crippen MR) is 96.1 cm³/mol. The number of hydrogen-bond acceptors (Lipinski definition) is 3. The molecular weight excluding hydrogens is 300 g/mol. The van der Waals surface area contributed by atoms with Crippen LogP contribution in [0.4, 0.5) is 5.69 Å². The maximum atomic E-state index is 12.8. The Kier molecular flexibility index (Phi) is 5.16. The molecule has 4 heteroatoms. The third-order valence-corrected chi connectivity index (χ3v) is 4.57. The van der Waals surface area contributed by atoms with E-state index < -0.39 is 6.10 Å². The molecule has 2 aromatic rings. The van der Waals surface area contributed by atoms with Crippen LogP contribution in [0.15, 0.2) is 48.5 Å². The number of likely N-dealkylation sites (tertiary alicyclic amines) is 1. The Balaban J connectivity index is 1.75. The van der Waals surface area contributed by atoms with Gasteiger partial charge in [0.2, 0.25) is 0 Å². The zero-order chi connectivity index (χ0) is 16.9. The van der Waals surface area contributed by atoms with Crippen molar-refractivity contribution in [3.63, 3.8) is 0 Å². The summed E-state index contributed by atoms with van der Waals surface area (Å²) >= 11 is 0. The van der Waals surface area contributed by atoms with Crippen LogP contribution in [0, 0.1) is 6.92 Å². The molecule has 1 amide bonds. The van der Waals surface area contributed by atoms with Crippen LogP contribution < -0.4 is 5.32 Å². The standard InChI is InChI=1S/C20H24N2O2/c1-15-7-2-3-8-16(15)13-21-19-11-5-4-10-18(19)20(24)22-12-6-9-17(23)14-22/h2-5,7-8,10-11,17,21,23H,6,9,12-14H2,1H3. The van der Waals surface area contributed by atoms with E-state index in [4.69, 9.17) is 0 Å². The number of anilines is 1. The predicted octanol–water partition coefficient (Wildman–Crippen LogP) is 3.20. The first-order chi connectivity index (χ1) is 11.6. The molecule has 0 bridgehead atoms. The highest BCUT2D eigenvalue weighted by atomic mass is 16.3. The van der Waals surface area contributed by atoms with Gasteiger partial charge in [-0.3, -0.25) is 4.79 Å². The van der Waals surface area contributed by atoms with Gasteiger partial charge in [0.25, 0.3) is 5.91 Å². The fourth-order valence-electron chi connectivity index (χ4n) is 3.13. The number of para-hydroxylation sites is 1. The molecule has 0 spiro atoms. The molecule has 1 fully saturated rings. The van der Waals surface area contributed by atoms with Crippen LogP contribution in [-0.4, -0.2) is 35.1 Å². The Bertz CT molecular complexity index is 714. The molecule has 0 radical (unpaired) electrons. The van der Waals surface area contributed by atoms with Gasteiger partial charge in [-0.25, -0.2) is 0 Å². The highest BCUT2D eigenvalue weighted by Gasteiger charge is 2.24. The molecule has 0 aliphatic carbocycles. The zero-order valence-electron chi connectivity index (χ0n) is 14.0. The highest BCUT2D eigenvalue weighted by molar-refractivity contribution is 5.99. The summed E-state index contributed by atoms with van der Waals surface area (Å²) in [6.45, 7) is 3.90. The van der Waals surface area contributed by atoms with Gasteiger partial charge in [-0.2, -0.15) is 0 Å². The molecule has 1 saturated heterocycles. The minimum absolute atomic E-state index is 0.0124. The Hall–Kier alpha value is -2.33. The average Bonchev–Trinajstić information content (AvgIpc) is 2.61. The molecule has 1 atom stereocenters. The van der Waals surface area contributed by atoms with E-state index in [1.54, 1.807) is 4.90 Å². The van der Waals surface area contributed by atoms with Crippen LogP contribution in [0.2, 0.25) is 0 Å². The SMILES string of the molecule is Cc1ccccc1CNc1ccccc1C(=O)N1CCCC(O)C1. The van der Waals surface area contributed by atoms with E-state index in [9.17, 15) is 9.90 Å². The van der Waals surface area contributed by atoms with Gasteiger partial charge in [-0.1, -0.05) is 36.4 Å². The Labute approximate surface area is 143 Å². The number of nitrogens with zero attached hydrogens (tertiary/aromatic N) is 1. The first-order valence-corrected chi connectivity index (χ1v) is 8.50. The Morgan fingerprint density at radius 1 is 1.21 bits per heavy atom. The number of aryl methyl sites for hydroxylation is 1. The number of aliphatic hydroxyl groups excluding tert-OH is 1. The van der Waals surface area contributed by atoms with Crippen molar-refractivity contribution in [2.45, 2.75) is 32.4 Å². The van der Waals surface area contributed by atoms with Crippen molar-refractivity contribution in [2.75, 3.05) is 18.4 Å². The number of aliphatic hydroxyl groups is 1. The normalized spacial score (nSPS) is 17.6. The lowest BCUT2D eigenvalue weighted by molar-refractivity contribution is 0.0474. The first-order valence-electron chi connectivity index (χ1n) is 8.50. The lowest BCUT2D eigenvalue weighted by Crippen LogP contribution is -2.42. The lowest BCUT2D eigenvalue weighted by Gasteiger charge is -2.30. The second-order valence-electron chi connectivity index (χ2n) is 6.37. The van der Waals surface area contributed by atoms with E-state index in [-0.39, 0.29) is 5.91 Å². The minimum Gasteiger partial charge on any atom is -0.391 e. The molecule has 1 heterocycles. The number of benzene rings is 2. The number of piperidine rings is 1. The van der Waals surface area contributed by atoms with E-state index in [2.05, 4.69) is 24.4 Å². The van der Waals surface area contributed by atoms with Gasteiger partial charge in [0.15, 0.2) is 0 Å². The van der Waals surface area contributed by atoms with Gasteiger partial charge >= 0.3 is 0 Å². The van der Waals surface area contributed by atoms with Crippen molar-refractivity contribution in [2.24, 2.45) is 0 Å². The minimum atomic E-state index is -0.408. The summed E-state index contributed by atoms with van der Waals surface area (Å²) in [5, 5.41) is 13.2. The van der Waals surface area contributed by atoms with Crippen LogP contribution in [0.1, 0.15) is 34.3 Å². The third kappa shape index (κ3) is 3.77. The first kappa shape index (κ1) is 16.5. The second-order valence-corrected chi connectivity index (χ2v) is 6.37. The molecule has 2 N–H and O–H groups in total. The van der Waals surface area contributed by atoms with Gasteiger partial charge in [0.05, 0.1) is 11.7 Å². The van der Waals surface area contributed by atoms with Crippen molar-refractivity contribution >= 4 is 11.6 Å². The summed E-state index contributed by atoms with van der Waals surface area (Å²) in [6, 6.07) is 15.8. The fraction of sp³-hybridized carbons (Fsp3) is 0.350. The number of hydrogen-bond donors (Lipinski definition) is 2. The molecule has 1 unspecified atom stereocenters. The molecule has 3 rings (SSSR count). The Morgan fingerprint density at radius 3 is 2.75 bits per heavy atom. The van der Waals surface area contributed by atoms with Crippen molar-refractivity contribution in [1.82, 2.24) is 4.90 Å². The molecule has 0 aromatic heterocycles. The van der Waals surface area contributed by atoms with E-state index >= 15 is 0 Å². The summed E-state index contributed by atoms with van der Waals surface area (Å²) in [5.74, 6) is -0.0124. The van der Waals surface area contributed by atoms with Crippen molar-refractivity contribution in [3.05, 3.63) is 65.2 Å². The van der Waals surface area contributed by atoms with Crippen LogP contribution in [0.3, 0.4) is 0 Å². The monoisotopic (exact) mass is 324 g/mol. The largest absolute Gasteiger partial charge is 0.391 e. The molecule has 24 heavy (non-hydrogen) atoms. The van der Waals surface area contributed by atoms with Crippen LogP contribution >= 0.6 is 0 Å². The molecule has 0 saturated carbocycles. The van der Waals surface area contributed by atoms with Crippen molar-refractivity contribution in [3.8, 4) is 0 Å². The molecule has 4 nitrogen and oxygen atoms in total. The van der Waals surface area contributed by atoms with Crippen LogP contribution in [-0.2, 0) is 6.54 Å². The highest BCUT2D eigenvalue weighted by Crippen LogP contribution is 2.21. The number of amides is 1. The number of rotatable bonds is 4. The molecule has 126 valence electrons. The number of carbonyl (C=O) groups excluding carboxylic acids is 1. The summed E-state index contributed by atoms with van der Waals surface area (Å²) in [4.78, 5) is 14.6. The number of carbonyl (C=O) groups is 1. The van der Waals surface area contributed by atoms with E-state index in [0.29, 0.717) is 25.2 Å². The van der Waals surface area contributed by atoms with Gasteiger partial charge in [0.1, 0.15) is 0 Å². The maximum Gasteiger partial charge on any atom is 0.256 e. The van der Waals surface area contributed by atoms with Gasteiger partial charge in [0, 0.05) is 25.3 Å². The zero-order valence-corrected chi connectivity index (χ0v) is 14.0. The molecular formula is C20H24N2O2. The summed E-state index contributed by atoms with van der Waals surface area (Å²) in [7, 11) is 0. The second kappa shape index (κ2) is 7.49. The maximum absolute atomic E-state index is 12.8. The quantitative estimate of drug-likeness (QED) is 0.908. The Morgan fingerprint density at radius 2 is 1.96 bits per heavy atom. The van der Waals surface area contributed by atoms with Gasteiger partial charge in [-0.05, 0) is 43.0 Å². The summed E-state index contributed by atoms with van der Waals surface area (Å²) in [5.41, 5.74) is 3.95. The van der Waals surface area contributed by atoms with E-state index in [1.165, 1.54) is 11.1 Å². The fourth-order valence-corrected chi connectivity index (χ4v) is 3.13. The van der Waals surface area contributed by atoms with Crippen LogP contribution in [0.25, 0.3) is 0 Å². The van der Waals surface area contributed by atoms with E-state index in [1.807, 2.05) is 36.4 Å².